The molecule has 1 aromatic heterocycles. The molecule has 2 rings (SSSR count). The summed E-state index contributed by atoms with van der Waals surface area (Å²) in [6, 6.07) is 0. The van der Waals surface area contributed by atoms with Crippen molar-refractivity contribution in [2.45, 2.75) is 52.5 Å². The number of nitrogens with zero attached hydrogens (tertiary/aromatic N) is 2. The zero-order valence-corrected chi connectivity index (χ0v) is 14.0. The lowest BCUT2D eigenvalue weighted by molar-refractivity contribution is 0.275. The third-order valence-corrected chi connectivity index (χ3v) is 5.45. The average Bonchev–Trinajstić information content (AvgIpc) is 2.62. The number of rotatable bonds is 5. The minimum Gasteiger partial charge on any atom is -0.311 e. The van der Waals surface area contributed by atoms with Gasteiger partial charge in [-0.1, -0.05) is 32.6 Å². The van der Waals surface area contributed by atoms with Crippen molar-refractivity contribution in [1.82, 2.24) is 15.1 Å². The fraction of sp³-hybridized carbons (Fsp3) is 0.800. The molecule has 1 aliphatic rings. The van der Waals surface area contributed by atoms with E-state index in [1.165, 1.54) is 37.8 Å². The quantitative estimate of drug-likeness (QED) is 0.833. The standard InChI is InChI=1S/C15H26BrN3/c1-11-4-6-13(7-5-11)8-9-17-10-14-15(16)12(2)18-19(14)3/h11,13,17H,4-10H2,1-3H3. The van der Waals surface area contributed by atoms with E-state index in [9.17, 15) is 0 Å². The van der Waals surface area contributed by atoms with Gasteiger partial charge >= 0.3 is 0 Å². The number of halogens is 1. The first-order valence-corrected chi connectivity index (χ1v) is 8.26. The Kier molecular flexibility index (Phi) is 5.46. The third-order valence-electron chi connectivity index (χ3n) is 4.42. The van der Waals surface area contributed by atoms with Crippen LogP contribution in [-0.4, -0.2) is 16.3 Å². The van der Waals surface area contributed by atoms with E-state index in [1.807, 2.05) is 18.7 Å². The zero-order chi connectivity index (χ0) is 13.8. The monoisotopic (exact) mass is 327 g/mol. The molecule has 0 amide bonds. The van der Waals surface area contributed by atoms with Gasteiger partial charge in [-0.15, -0.1) is 0 Å². The smallest absolute Gasteiger partial charge is 0.0739 e. The van der Waals surface area contributed by atoms with Gasteiger partial charge in [0.25, 0.3) is 0 Å². The van der Waals surface area contributed by atoms with Crippen LogP contribution in [0.5, 0.6) is 0 Å². The van der Waals surface area contributed by atoms with Crippen LogP contribution in [0, 0.1) is 18.8 Å². The Morgan fingerprint density at radius 2 is 2.00 bits per heavy atom. The summed E-state index contributed by atoms with van der Waals surface area (Å²) in [5.41, 5.74) is 2.32. The highest BCUT2D eigenvalue weighted by atomic mass is 79.9. The van der Waals surface area contributed by atoms with Crippen molar-refractivity contribution in [1.29, 1.82) is 0 Å². The van der Waals surface area contributed by atoms with Crippen LogP contribution in [-0.2, 0) is 13.6 Å². The molecule has 0 spiro atoms. The molecule has 0 unspecified atom stereocenters. The number of nitrogens with one attached hydrogen (secondary N) is 1. The van der Waals surface area contributed by atoms with E-state index in [1.54, 1.807) is 0 Å². The molecule has 1 aromatic rings. The molecule has 0 aliphatic heterocycles. The highest BCUT2D eigenvalue weighted by Crippen LogP contribution is 2.30. The molecule has 0 saturated heterocycles. The van der Waals surface area contributed by atoms with Crippen molar-refractivity contribution in [2.24, 2.45) is 18.9 Å². The van der Waals surface area contributed by atoms with Gasteiger partial charge in [0.2, 0.25) is 0 Å². The predicted octanol–water partition coefficient (Wildman–Crippen LogP) is 3.80. The second-order valence-corrected chi connectivity index (χ2v) is 6.85. The van der Waals surface area contributed by atoms with Crippen LogP contribution >= 0.6 is 15.9 Å². The molecular weight excluding hydrogens is 302 g/mol. The van der Waals surface area contributed by atoms with E-state index in [-0.39, 0.29) is 0 Å². The van der Waals surface area contributed by atoms with Crippen LogP contribution in [0.4, 0.5) is 0 Å². The second-order valence-electron chi connectivity index (χ2n) is 6.06. The normalized spacial score (nSPS) is 23.8. The van der Waals surface area contributed by atoms with Crippen molar-refractivity contribution in [3.05, 3.63) is 15.9 Å². The van der Waals surface area contributed by atoms with E-state index in [4.69, 9.17) is 0 Å². The molecule has 108 valence electrons. The molecule has 0 bridgehead atoms. The fourth-order valence-electron chi connectivity index (χ4n) is 3.00. The molecule has 0 radical (unpaired) electrons. The summed E-state index contributed by atoms with van der Waals surface area (Å²) in [5, 5.41) is 7.98. The summed E-state index contributed by atoms with van der Waals surface area (Å²) in [5.74, 6) is 1.90. The van der Waals surface area contributed by atoms with Crippen molar-refractivity contribution < 1.29 is 0 Å². The van der Waals surface area contributed by atoms with Crippen LogP contribution in [0.15, 0.2) is 4.47 Å². The van der Waals surface area contributed by atoms with Crippen molar-refractivity contribution in [2.75, 3.05) is 6.54 Å². The topological polar surface area (TPSA) is 29.9 Å². The Labute approximate surface area is 125 Å². The largest absolute Gasteiger partial charge is 0.311 e. The Bertz CT molecular complexity index is 406. The summed E-state index contributed by atoms with van der Waals surface area (Å²) in [6.45, 7) is 6.45. The van der Waals surface area contributed by atoms with Gasteiger partial charge in [0, 0.05) is 13.6 Å². The van der Waals surface area contributed by atoms with E-state index in [0.29, 0.717) is 0 Å². The Hall–Kier alpha value is -0.350. The van der Waals surface area contributed by atoms with Crippen LogP contribution < -0.4 is 5.32 Å². The minimum absolute atomic E-state index is 0.904. The molecule has 3 nitrogen and oxygen atoms in total. The van der Waals surface area contributed by atoms with Crippen molar-refractivity contribution in [3.63, 3.8) is 0 Å². The van der Waals surface area contributed by atoms with Gasteiger partial charge in [-0.2, -0.15) is 5.10 Å². The molecule has 4 heteroatoms. The first-order chi connectivity index (χ1) is 9.08. The second kappa shape index (κ2) is 6.89. The van der Waals surface area contributed by atoms with Gasteiger partial charge in [0.15, 0.2) is 0 Å². The maximum Gasteiger partial charge on any atom is 0.0739 e. The zero-order valence-electron chi connectivity index (χ0n) is 12.4. The molecule has 1 saturated carbocycles. The molecule has 1 fully saturated rings. The Morgan fingerprint density at radius 1 is 1.32 bits per heavy atom. The predicted molar refractivity (Wildman–Crippen MR) is 83.1 cm³/mol. The van der Waals surface area contributed by atoms with E-state index in [2.05, 4.69) is 33.3 Å². The summed E-state index contributed by atoms with van der Waals surface area (Å²) >= 11 is 3.61. The Balaban J connectivity index is 1.69. The number of hydrogen-bond donors (Lipinski definition) is 1. The maximum absolute atomic E-state index is 4.42. The molecule has 19 heavy (non-hydrogen) atoms. The summed E-state index contributed by atoms with van der Waals surface area (Å²) in [7, 11) is 2.01. The highest BCUT2D eigenvalue weighted by molar-refractivity contribution is 9.10. The first kappa shape index (κ1) is 15.0. The molecule has 0 aromatic carbocycles. The van der Waals surface area contributed by atoms with E-state index < -0.39 is 0 Å². The lowest BCUT2D eigenvalue weighted by atomic mass is 9.81. The number of hydrogen-bond acceptors (Lipinski definition) is 2. The fourth-order valence-corrected chi connectivity index (χ4v) is 3.48. The lowest BCUT2D eigenvalue weighted by Crippen LogP contribution is -2.21. The van der Waals surface area contributed by atoms with E-state index in [0.717, 1.165) is 35.1 Å². The number of aryl methyl sites for hydroxylation is 2. The molecule has 1 aliphatic carbocycles. The van der Waals surface area contributed by atoms with Crippen molar-refractivity contribution in [3.8, 4) is 0 Å². The van der Waals surface area contributed by atoms with Gasteiger partial charge in [-0.05, 0) is 47.7 Å². The molecule has 0 atom stereocenters. The van der Waals surface area contributed by atoms with Crippen LogP contribution in [0.1, 0.15) is 50.4 Å². The van der Waals surface area contributed by atoms with Gasteiger partial charge in [-0.3, -0.25) is 4.68 Å². The summed E-state index contributed by atoms with van der Waals surface area (Å²) < 4.78 is 3.11. The number of aromatic nitrogens is 2. The lowest BCUT2D eigenvalue weighted by Gasteiger charge is -2.26. The van der Waals surface area contributed by atoms with Crippen molar-refractivity contribution >= 4 is 15.9 Å². The molecule has 1 N–H and O–H groups in total. The minimum atomic E-state index is 0.904. The molecular formula is C15H26BrN3. The van der Waals surface area contributed by atoms with Gasteiger partial charge in [0.05, 0.1) is 15.9 Å². The van der Waals surface area contributed by atoms with Gasteiger partial charge in [-0.25, -0.2) is 0 Å². The third kappa shape index (κ3) is 4.06. The maximum atomic E-state index is 4.42. The van der Waals surface area contributed by atoms with Crippen LogP contribution in [0.25, 0.3) is 0 Å². The first-order valence-electron chi connectivity index (χ1n) is 7.46. The van der Waals surface area contributed by atoms with Gasteiger partial charge < -0.3 is 5.32 Å². The Morgan fingerprint density at radius 3 is 2.58 bits per heavy atom. The van der Waals surface area contributed by atoms with Crippen LogP contribution in [0.2, 0.25) is 0 Å². The molecule has 1 heterocycles. The van der Waals surface area contributed by atoms with Crippen LogP contribution in [0.3, 0.4) is 0 Å². The van der Waals surface area contributed by atoms with Gasteiger partial charge in [0.1, 0.15) is 0 Å². The SMILES string of the molecule is Cc1nn(C)c(CNCCC2CCC(C)CC2)c1Br. The summed E-state index contributed by atoms with van der Waals surface area (Å²) in [6.07, 6.45) is 7.03. The average molecular weight is 328 g/mol. The van der Waals surface area contributed by atoms with E-state index >= 15 is 0 Å². The summed E-state index contributed by atoms with van der Waals surface area (Å²) in [4.78, 5) is 0. The highest BCUT2D eigenvalue weighted by Gasteiger charge is 2.17.